The maximum Gasteiger partial charge on any atom is 0.266 e. The third-order valence-electron chi connectivity index (χ3n) is 3.36. The monoisotopic (exact) mass is 243 g/mol. The third kappa shape index (κ3) is 2.13. The number of aliphatic hydroxyl groups is 1. The molecule has 96 valence electrons. The van der Waals surface area contributed by atoms with Gasteiger partial charge in [-0.3, -0.25) is 14.4 Å². The number of carbonyl (C=O) groups is 2. The van der Waals surface area contributed by atoms with Crippen molar-refractivity contribution in [2.24, 2.45) is 5.73 Å². The summed E-state index contributed by atoms with van der Waals surface area (Å²) in [7, 11) is 0. The summed E-state index contributed by atoms with van der Waals surface area (Å²) in [4.78, 5) is 28.2. The fraction of sp³-hybridized carbons (Fsp3) is 0.800. The molecular formula is C10H17N3O4. The molecule has 2 heterocycles. The van der Waals surface area contributed by atoms with Crippen LogP contribution < -0.4 is 11.1 Å². The highest BCUT2D eigenvalue weighted by molar-refractivity contribution is 5.88. The molecule has 0 radical (unpaired) electrons. The van der Waals surface area contributed by atoms with E-state index in [4.69, 9.17) is 15.7 Å². The first kappa shape index (κ1) is 12.3. The SMILES string of the molecule is NC(=O)C(CO)ON1CCC2(CCCN2)C1=O. The van der Waals surface area contributed by atoms with E-state index in [1.807, 2.05) is 0 Å². The normalized spacial score (nSPS) is 30.2. The Morgan fingerprint density at radius 2 is 2.41 bits per heavy atom. The highest BCUT2D eigenvalue weighted by atomic mass is 16.7. The second-order valence-corrected chi connectivity index (χ2v) is 4.45. The van der Waals surface area contributed by atoms with Crippen LogP contribution >= 0.6 is 0 Å². The molecule has 4 N–H and O–H groups in total. The zero-order valence-corrected chi connectivity index (χ0v) is 9.52. The second-order valence-electron chi connectivity index (χ2n) is 4.45. The molecule has 1 spiro atoms. The molecule has 2 fully saturated rings. The molecule has 2 atom stereocenters. The van der Waals surface area contributed by atoms with Gasteiger partial charge in [0, 0.05) is 0 Å². The number of rotatable bonds is 4. The van der Waals surface area contributed by atoms with Crippen molar-refractivity contribution in [3.8, 4) is 0 Å². The van der Waals surface area contributed by atoms with Crippen LogP contribution in [0.4, 0.5) is 0 Å². The molecule has 0 aromatic rings. The summed E-state index contributed by atoms with van der Waals surface area (Å²) in [6, 6.07) is 0. The number of aliphatic hydroxyl groups excluding tert-OH is 1. The lowest BCUT2D eigenvalue weighted by atomic mass is 9.96. The summed E-state index contributed by atoms with van der Waals surface area (Å²) in [6.45, 7) is 0.702. The van der Waals surface area contributed by atoms with Crippen molar-refractivity contribution in [3.63, 3.8) is 0 Å². The van der Waals surface area contributed by atoms with Crippen LogP contribution in [0.5, 0.6) is 0 Å². The molecule has 0 aromatic carbocycles. The Balaban J connectivity index is 2.00. The molecule has 2 aliphatic rings. The van der Waals surface area contributed by atoms with Crippen LogP contribution in [0.25, 0.3) is 0 Å². The van der Waals surface area contributed by atoms with Crippen molar-refractivity contribution in [1.29, 1.82) is 0 Å². The number of hydrogen-bond acceptors (Lipinski definition) is 5. The van der Waals surface area contributed by atoms with Crippen LogP contribution in [0.15, 0.2) is 0 Å². The lowest BCUT2D eigenvalue weighted by molar-refractivity contribution is -0.204. The second kappa shape index (κ2) is 4.59. The van der Waals surface area contributed by atoms with Crippen LogP contribution in [-0.4, -0.2) is 53.3 Å². The van der Waals surface area contributed by atoms with Gasteiger partial charge in [0.1, 0.15) is 5.54 Å². The average molecular weight is 243 g/mol. The lowest BCUT2D eigenvalue weighted by Crippen LogP contribution is -2.49. The largest absolute Gasteiger partial charge is 0.393 e. The number of carbonyl (C=O) groups excluding carboxylic acids is 2. The molecule has 2 rings (SSSR count). The minimum Gasteiger partial charge on any atom is -0.393 e. The van der Waals surface area contributed by atoms with Crippen LogP contribution in [-0.2, 0) is 14.4 Å². The van der Waals surface area contributed by atoms with Crippen molar-refractivity contribution in [2.75, 3.05) is 19.7 Å². The van der Waals surface area contributed by atoms with Crippen LogP contribution in [0.2, 0.25) is 0 Å². The van der Waals surface area contributed by atoms with Gasteiger partial charge in [-0.15, -0.1) is 0 Å². The Bertz CT molecular complexity index is 328. The number of hydroxylamine groups is 2. The standard InChI is InChI=1S/C10H17N3O4/c11-8(15)7(6-14)17-13-5-3-10(9(13)16)2-1-4-12-10/h7,12,14H,1-6H2,(H2,11,15). The molecule has 2 aliphatic heterocycles. The van der Waals surface area contributed by atoms with Gasteiger partial charge in [-0.05, 0) is 25.8 Å². The van der Waals surface area contributed by atoms with E-state index >= 15 is 0 Å². The predicted octanol–water partition coefficient (Wildman–Crippen LogP) is -1.88. The first-order valence-electron chi connectivity index (χ1n) is 5.73. The van der Waals surface area contributed by atoms with E-state index in [1.54, 1.807) is 0 Å². The highest BCUT2D eigenvalue weighted by Crippen LogP contribution is 2.31. The molecule has 17 heavy (non-hydrogen) atoms. The molecule has 7 nitrogen and oxygen atoms in total. The topological polar surface area (TPSA) is 105 Å². The van der Waals surface area contributed by atoms with Gasteiger partial charge in [-0.25, -0.2) is 5.06 Å². The van der Waals surface area contributed by atoms with Gasteiger partial charge < -0.3 is 16.2 Å². The predicted molar refractivity (Wildman–Crippen MR) is 57.5 cm³/mol. The molecule has 0 aliphatic carbocycles. The fourth-order valence-corrected chi connectivity index (χ4v) is 2.37. The summed E-state index contributed by atoms with van der Waals surface area (Å²) >= 11 is 0. The van der Waals surface area contributed by atoms with Gasteiger partial charge in [0.25, 0.3) is 11.8 Å². The smallest absolute Gasteiger partial charge is 0.266 e. The number of hydrogen-bond donors (Lipinski definition) is 3. The maximum absolute atomic E-state index is 12.1. The van der Waals surface area contributed by atoms with Gasteiger partial charge in [-0.1, -0.05) is 0 Å². The minimum absolute atomic E-state index is 0.172. The van der Waals surface area contributed by atoms with Crippen molar-refractivity contribution >= 4 is 11.8 Å². The quantitative estimate of drug-likeness (QED) is 0.536. The summed E-state index contributed by atoms with van der Waals surface area (Å²) in [5.74, 6) is -0.949. The van der Waals surface area contributed by atoms with E-state index in [0.717, 1.165) is 24.4 Å². The maximum atomic E-state index is 12.1. The van der Waals surface area contributed by atoms with Gasteiger partial charge in [0.05, 0.1) is 13.2 Å². The summed E-state index contributed by atoms with van der Waals surface area (Å²) in [6.07, 6.45) is 1.24. The van der Waals surface area contributed by atoms with Crippen LogP contribution in [0.1, 0.15) is 19.3 Å². The van der Waals surface area contributed by atoms with Crippen molar-refractivity contribution < 1.29 is 19.5 Å². The summed E-state index contributed by atoms with van der Waals surface area (Å²) < 4.78 is 0. The van der Waals surface area contributed by atoms with Gasteiger partial charge in [0.15, 0.2) is 6.10 Å². The van der Waals surface area contributed by atoms with Crippen molar-refractivity contribution in [3.05, 3.63) is 0 Å². The Labute approximate surface area is 98.8 Å². The zero-order valence-electron chi connectivity index (χ0n) is 9.52. The van der Waals surface area contributed by atoms with E-state index < -0.39 is 24.2 Å². The molecule has 0 saturated carbocycles. The van der Waals surface area contributed by atoms with E-state index in [2.05, 4.69) is 5.32 Å². The first-order valence-corrected chi connectivity index (χ1v) is 5.73. The van der Waals surface area contributed by atoms with E-state index in [0.29, 0.717) is 13.0 Å². The average Bonchev–Trinajstić information content (AvgIpc) is 2.88. The van der Waals surface area contributed by atoms with Crippen molar-refractivity contribution in [2.45, 2.75) is 30.9 Å². The van der Waals surface area contributed by atoms with Gasteiger partial charge in [0.2, 0.25) is 0 Å². The molecule has 7 heteroatoms. The first-order chi connectivity index (χ1) is 8.09. The van der Waals surface area contributed by atoms with E-state index in [9.17, 15) is 9.59 Å². The molecule has 0 aromatic heterocycles. The molecular weight excluding hydrogens is 226 g/mol. The summed E-state index contributed by atoms with van der Waals surface area (Å²) in [5, 5.41) is 13.2. The number of primary amides is 1. The number of amides is 2. The minimum atomic E-state index is -1.16. The lowest BCUT2D eigenvalue weighted by Gasteiger charge is -2.24. The van der Waals surface area contributed by atoms with E-state index in [1.165, 1.54) is 0 Å². The fourth-order valence-electron chi connectivity index (χ4n) is 2.37. The van der Waals surface area contributed by atoms with Crippen molar-refractivity contribution in [1.82, 2.24) is 10.4 Å². The summed E-state index contributed by atoms with van der Waals surface area (Å²) in [5.41, 5.74) is 4.51. The van der Waals surface area contributed by atoms with Crippen LogP contribution in [0.3, 0.4) is 0 Å². The van der Waals surface area contributed by atoms with Gasteiger partial charge in [-0.2, -0.15) is 0 Å². The molecule has 2 saturated heterocycles. The third-order valence-corrected chi connectivity index (χ3v) is 3.36. The zero-order chi connectivity index (χ0) is 12.5. The Hall–Kier alpha value is -1.18. The molecule has 2 amide bonds. The van der Waals surface area contributed by atoms with E-state index in [-0.39, 0.29) is 5.91 Å². The molecule has 0 bridgehead atoms. The number of nitrogens with two attached hydrogens (primary N) is 1. The van der Waals surface area contributed by atoms with Gasteiger partial charge >= 0.3 is 0 Å². The Morgan fingerprint density at radius 3 is 2.94 bits per heavy atom. The Morgan fingerprint density at radius 1 is 1.65 bits per heavy atom. The number of nitrogens with zero attached hydrogens (tertiary/aromatic N) is 1. The molecule has 2 unspecified atom stereocenters. The number of nitrogens with one attached hydrogen (secondary N) is 1. The Kier molecular flexibility index (Phi) is 3.32. The highest BCUT2D eigenvalue weighted by Gasteiger charge is 2.49. The van der Waals surface area contributed by atoms with Crippen LogP contribution in [0, 0.1) is 0 Å².